The first kappa shape index (κ1) is 39.0. The topological polar surface area (TPSA) is 35.9 Å². The van der Waals surface area contributed by atoms with Gasteiger partial charge in [-0.25, -0.2) is 4.98 Å². The van der Waals surface area contributed by atoms with Gasteiger partial charge in [0, 0.05) is 43.6 Å². The van der Waals surface area contributed by atoms with Gasteiger partial charge in [0.25, 0.3) is 0 Å². The Labute approximate surface area is 398 Å². The van der Waals surface area contributed by atoms with E-state index in [1.807, 2.05) is 12.1 Å². The molecule has 0 bridgehead atoms. The largest absolute Gasteiger partial charge is 0.455 e. The number of nitrogens with zero attached hydrogens (tertiary/aromatic N) is 3. The summed E-state index contributed by atoms with van der Waals surface area (Å²) in [6.45, 7) is 0. The maximum absolute atomic E-state index is 6.53. The smallest absolute Gasteiger partial charge is 0.144 e. The van der Waals surface area contributed by atoms with Crippen molar-refractivity contribution in [2.45, 2.75) is 0 Å². The Balaban J connectivity index is 0.993. The number of fused-ring (bicyclic) bond motifs is 10. The summed E-state index contributed by atoms with van der Waals surface area (Å²) in [6, 6.07) is 89.4. The standard InChI is InChI=1S/C65H41N3O/c1-3-15-42(16-4-1)44-29-33-46(34-30-44)48-39-49(47-35-31-45(32-36-47)43-17-5-2-6-18-43)41-50(40-48)67-59-26-11-8-21-56(59)63-60(67)38-37-53-51-19-7-10-25-58(51)68(64(53)63)62-28-14-24-57(66-62)55-23-13-22-54-52-20-9-12-27-61(52)69-65(54)55/h1-41H. The van der Waals surface area contributed by atoms with E-state index < -0.39 is 0 Å². The van der Waals surface area contributed by atoms with Gasteiger partial charge in [0.05, 0.1) is 27.8 Å². The highest BCUT2D eigenvalue weighted by molar-refractivity contribution is 6.26. The molecule has 14 rings (SSSR count). The number of rotatable bonds is 7. The molecule has 0 radical (unpaired) electrons. The van der Waals surface area contributed by atoms with Crippen molar-refractivity contribution in [1.82, 2.24) is 14.1 Å². The molecule has 0 N–H and O–H groups in total. The molecule has 0 atom stereocenters. The number of furan rings is 1. The third kappa shape index (κ3) is 6.34. The molecule has 322 valence electrons. The number of para-hydroxylation sites is 4. The fourth-order valence-electron chi connectivity index (χ4n) is 10.7. The van der Waals surface area contributed by atoms with Crippen LogP contribution >= 0.6 is 0 Å². The van der Waals surface area contributed by atoms with Gasteiger partial charge in [-0.3, -0.25) is 4.57 Å². The average Bonchev–Trinajstić information content (AvgIpc) is 4.09. The maximum atomic E-state index is 6.53. The zero-order valence-corrected chi connectivity index (χ0v) is 37.4. The molecule has 4 nitrogen and oxygen atoms in total. The van der Waals surface area contributed by atoms with Gasteiger partial charge < -0.3 is 8.98 Å². The van der Waals surface area contributed by atoms with Crippen molar-refractivity contribution in [1.29, 1.82) is 0 Å². The first-order valence-electron chi connectivity index (χ1n) is 23.5. The van der Waals surface area contributed by atoms with Gasteiger partial charge in [0.15, 0.2) is 0 Å². The lowest BCUT2D eigenvalue weighted by Gasteiger charge is -2.15. The number of pyridine rings is 1. The number of benzene rings is 10. The van der Waals surface area contributed by atoms with E-state index >= 15 is 0 Å². The van der Waals surface area contributed by atoms with Crippen LogP contribution in [0.15, 0.2) is 253 Å². The minimum atomic E-state index is 0.844. The van der Waals surface area contributed by atoms with Crippen molar-refractivity contribution >= 4 is 65.6 Å². The Bertz CT molecular complexity index is 4170. The molecule has 0 aliphatic heterocycles. The summed E-state index contributed by atoms with van der Waals surface area (Å²) in [6.07, 6.45) is 0. The number of aromatic nitrogens is 3. The van der Waals surface area contributed by atoms with Crippen LogP contribution in [0.3, 0.4) is 0 Å². The van der Waals surface area contributed by atoms with E-state index in [9.17, 15) is 0 Å². The van der Waals surface area contributed by atoms with E-state index in [2.05, 4.69) is 246 Å². The number of hydrogen-bond donors (Lipinski definition) is 0. The van der Waals surface area contributed by atoms with Gasteiger partial charge >= 0.3 is 0 Å². The van der Waals surface area contributed by atoms with Crippen LogP contribution in [0, 0.1) is 0 Å². The molecule has 10 aromatic carbocycles. The van der Waals surface area contributed by atoms with Crippen LogP contribution in [0.2, 0.25) is 0 Å². The van der Waals surface area contributed by atoms with Crippen LogP contribution in [0.5, 0.6) is 0 Å². The summed E-state index contributed by atoms with van der Waals surface area (Å²) in [7, 11) is 0. The third-order valence-electron chi connectivity index (χ3n) is 13.9. The molecule has 69 heavy (non-hydrogen) atoms. The maximum Gasteiger partial charge on any atom is 0.144 e. The highest BCUT2D eigenvalue weighted by Crippen LogP contribution is 2.44. The molecule has 0 aliphatic carbocycles. The Morgan fingerprint density at radius 3 is 1.51 bits per heavy atom. The van der Waals surface area contributed by atoms with E-state index in [0.717, 1.165) is 89.0 Å². The normalized spacial score (nSPS) is 11.8. The van der Waals surface area contributed by atoms with Crippen LogP contribution in [-0.4, -0.2) is 14.1 Å². The van der Waals surface area contributed by atoms with Gasteiger partial charge in [-0.15, -0.1) is 0 Å². The Morgan fingerprint density at radius 1 is 0.319 bits per heavy atom. The van der Waals surface area contributed by atoms with Crippen LogP contribution in [0.1, 0.15) is 0 Å². The fourth-order valence-corrected chi connectivity index (χ4v) is 10.7. The molecular weight excluding hydrogens is 839 g/mol. The van der Waals surface area contributed by atoms with Crippen molar-refractivity contribution in [3.63, 3.8) is 0 Å². The first-order chi connectivity index (χ1) is 34.2. The van der Waals surface area contributed by atoms with Crippen molar-refractivity contribution in [2.24, 2.45) is 0 Å². The van der Waals surface area contributed by atoms with E-state index in [1.165, 1.54) is 43.8 Å². The Morgan fingerprint density at radius 2 is 0.841 bits per heavy atom. The first-order valence-corrected chi connectivity index (χ1v) is 23.5. The predicted octanol–water partition coefficient (Wildman–Crippen LogP) is 17.5. The predicted molar refractivity (Wildman–Crippen MR) is 287 cm³/mol. The van der Waals surface area contributed by atoms with Gasteiger partial charge in [0.1, 0.15) is 17.0 Å². The summed E-state index contributed by atoms with van der Waals surface area (Å²) in [5, 5.41) is 6.90. The highest BCUT2D eigenvalue weighted by atomic mass is 16.3. The summed E-state index contributed by atoms with van der Waals surface area (Å²) in [5.74, 6) is 0.846. The molecule has 0 saturated carbocycles. The Hall–Kier alpha value is -9.25. The second-order valence-electron chi connectivity index (χ2n) is 17.9. The highest BCUT2D eigenvalue weighted by Gasteiger charge is 2.23. The second-order valence-corrected chi connectivity index (χ2v) is 17.9. The summed E-state index contributed by atoms with van der Waals surface area (Å²) < 4.78 is 11.4. The van der Waals surface area contributed by atoms with Gasteiger partial charge in [-0.05, 0) is 105 Å². The average molecular weight is 880 g/mol. The number of hydrogen-bond acceptors (Lipinski definition) is 2. The second kappa shape index (κ2) is 15.7. The molecule has 0 unspecified atom stereocenters. The third-order valence-corrected chi connectivity index (χ3v) is 13.9. The SMILES string of the molecule is c1ccc(-c2ccc(-c3cc(-c4ccc(-c5ccccc5)cc4)cc(-n4c5ccccc5c5c4ccc4c6ccccc6n(-c6cccc(-c7cccc8c7oc7ccccc78)n6)c45)c3)cc2)cc1. The van der Waals surface area contributed by atoms with Gasteiger partial charge in [-0.1, -0.05) is 188 Å². The minimum Gasteiger partial charge on any atom is -0.455 e. The summed E-state index contributed by atoms with van der Waals surface area (Å²) in [4.78, 5) is 5.50. The molecule has 4 heterocycles. The lowest BCUT2D eigenvalue weighted by atomic mass is 9.95. The quantitative estimate of drug-likeness (QED) is 0.160. The van der Waals surface area contributed by atoms with Gasteiger partial charge in [0.2, 0.25) is 0 Å². The molecule has 0 fully saturated rings. The van der Waals surface area contributed by atoms with Crippen molar-refractivity contribution in [3.8, 4) is 67.3 Å². The molecule has 0 aliphatic rings. The summed E-state index contributed by atoms with van der Waals surface area (Å²) >= 11 is 0. The zero-order chi connectivity index (χ0) is 45.4. The van der Waals surface area contributed by atoms with Crippen molar-refractivity contribution in [2.75, 3.05) is 0 Å². The van der Waals surface area contributed by atoms with Crippen molar-refractivity contribution in [3.05, 3.63) is 249 Å². The van der Waals surface area contributed by atoms with Crippen molar-refractivity contribution < 1.29 is 4.42 Å². The van der Waals surface area contributed by atoms with Crippen LogP contribution in [-0.2, 0) is 0 Å². The Kier molecular flexibility index (Phi) is 8.86. The lowest BCUT2D eigenvalue weighted by molar-refractivity contribution is 0.670. The molecule has 4 aromatic heterocycles. The molecule has 0 saturated heterocycles. The van der Waals surface area contributed by atoms with E-state index in [1.54, 1.807) is 0 Å². The van der Waals surface area contributed by atoms with E-state index in [-0.39, 0.29) is 0 Å². The molecule has 14 aromatic rings. The fraction of sp³-hybridized carbons (Fsp3) is 0. The molecular formula is C65H41N3O. The zero-order valence-electron chi connectivity index (χ0n) is 37.4. The molecule has 4 heteroatoms. The lowest BCUT2D eigenvalue weighted by Crippen LogP contribution is -1.99. The molecule has 0 spiro atoms. The molecule has 0 amide bonds. The van der Waals surface area contributed by atoms with Gasteiger partial charge in [-0.2, -0.15) is 0 Å². The minimum absolute atomic E-state index is 0.844. The van der Waals surface area contributed by atoms with Crippen LogP contribution in [0.4, 0.5) is 0 Å². The van der Waals surface area contributed by atoms with Crippen LogP contribution < -0.4 is 0 Å². The van der Waals surface area contributed by atoms with E-state index in [0.29, 0.717) is 0 Å². The van der Waals surface area contributed by atoms with E-state index in [4.69, 9.17) is 9.40 Å². The van der Waals surface area contributed by atoms with Crippen LogP contribution in [0.25, 0.3) is 133 Å². The summed E-state index contributed by atoms with van der Waals surface area (Å²) in [5.41, 5.74) is 18.5. The monoisotopic (exact) mass is 879 g/mol.